The first kappa shape index (κ1) is 15.8. The molecule has 0 unspecified atom stereocenters. The van der Waals surface area contributed by atoms with Gasteiger partial charge in [0.15, 0.2) is 23.1 Å². The van der Waals surface area contributed by atoms with Crippen molar-refractivity contribution in [3.63, 3.8) is 0 Å². The van der Waals surface area contributed by atoms with Crippen LogP contribution in [0.4, 0.5) is 26.3 Å². The second-order valence-corrected chi connectivity index (χ2v) is 4.08. The van der Waals surface area contributed by atoms with Crippen LogP contribution in [0.1, 0.15) is 0 Å². The summed E-state index contributed by atoms with van der Waals surface area (Å²) in [7, 11) is 0. The van der Waals surface area contributed by atoms with Gasteiger partial charge in [-0.05, 0) is 24.3 Å². The summed E-state index contributed by atoms with van der Waals surface area (Å²) in [6.07, 6.45) is -5.19. The predicted molar refractivity (Wildman–Crippen MR) is 61.8 cm³/mol. The fraction of sp³-hybridized carbons (Fsp3) is 0.0769. The van der Waals surface area contributed by atoms with Crippen LogP contribution in [-0.4, -0.2) is 16.6 Å². The molecule has 0 aliphatic rings. The van der Waals surface area contributed by atoms with Gasteiger partial charge in [-0.2, -0.15) is 8.78 Å². The van der Waals surface area contributed by atoms with Gasteiger partial charge in [-0.1, -0.05) is 0 Å². The lowest BCUT2D eigenvalue weighted by molar-refractivity contribution is -0.275. The fourth-order valence-corrected chi connectivity index (χ4v) is 1.71. The third-order valence-electron chi connectivity index (χ3n) is 2.66. The molecule has 2 aromatic rings. The van der Waals surface area contributed by atoms with Crippen molar-refractivity contribution in [1.29, 1.82) is 0 Å². The van der Waals surface area contributed by atoms with E-state index in [1.165, 1.54) is 0 Å². The minimum absolute atomic E-state index is 0.502. The van der Waals surface area contributed by atoms with Crippen molar-refractivity contribution >= 4 is 0 Å². The highest BCUT2D eigenvalue weighted by Crippen LogP contribution is 2.40. The van der Waals surface area contributed by atoms with Gasteiger partial charge in [-0.15, -0.1) is 13.2 Å². The molecule has 0 radical (unpaired) electrons. The molecule has 118 valence electrons. The number of alkyl halides is 3. The van der Waals surface area contributed by atoms with Crippen LogP contribution in [-0.2, 0) is 0 Å². The average molecular weight is 324 g/mol. The van der Waals surface area contributed by atoms with Crippen molar-refractivity contribution in [2.24, 2.45) is 0 Å². The lowest BCUT2D eigenvalue weighted by Crippen LogP contribution is -2.18. The molecule has 0 heterocycles. The first-order valence-corrected chi connectivity index (χ1v) is 5.56. The van der Waals surface area contributed by atoms with Crippen molar-refractivity contribution in [3.05, 3.63) is 41.7 Å². The van der Waals surface area contributed by atoms with Crippen molar-refractivity contribution < 1.29 is 41.3 Å². The Bertz CT molecular complexity index is 727. The maximum Gasteiger partial charge on any atom is 0.573 e. The number of benzene rings is 2. The van der Waals surface area contributed by atoms with Gasteiger partial charge in [0.1, 0.15) is 0 Å². The number of phenolic OH excluding ortho intramolecular Hbond substituents is 2. The number of ether oxygens (including phenoxy) is 1. The van der Waals surface area contributed by atoms with E-state index < -0.39 is 52.2 Å². The van der Waals surface area contributed by atoms with Gasteiger partial charge in [0.2, 0.25) is 11.6 Å². The smallest absolute Gasteiger partial charge is 0.505 e. The van der Waals surface area contributed by atoms with E-state index in [4.69, 9.17) is 5.11 Å². The van der Waals surface area contributed by atoms with Gasteiger partial charge in [0, 0.05) is 11.1 Å². The quantitative estimate of drug-likeness (QED) is 0.819. The van der Waals surface area contributed by atoms with Crippen LogP contribution in [0.5, 0.6) is 17.2 Å². The minimum atomic E-state index is -5.19. The molecule has 9 heteroatoms. The van der Waals surface area contributed by atoms with E-state index in [-0.39, 0.29) is 0 Å². The summed E-state index contributed by atoms with van der Waals surface area (Å²) in [5.41, 5.74) is -1.26. The van der Waals surface area contributed by atoms with Crippen LogP contribution in [0, 0.1) is 17.5 Å². The molecule has 2 aromatic carbocycles. The SMILES string of the molecule is Oc1ccc(-c2ccc(OC(F)(F)F)c(F)c2O)c(F)c1F. The molecule has 0 aromatic heterocycles. The minimum Gasteiger partial charge on any atom is -0.505 e. The van der Waals surface area contributed by atoms with E-state index in [0.717, 1.165) is 12.1 Å². The molecule has 3 nitrogen and oxygen atoms in total. The topological polar surface area (TPSA) is 49.7 Å². The molecule has 2 N–H and O–H groups in total. The Morgan fingerprint density at radius 2 is 1.36 bits per heavy atom. The van der Waals surface area contributed by atoms with E-state index in [1.54, 1.807) is 0 Å². The maximum absolute atomic E-state index is 13.7. The standard InChI is InChI=1S/C13H6F6O3/c14-9-5(1-3-7(20)10(9)15)6-2-4-8(11(16)12(6)21)22-13(17,18)19/h1-4,20-21H. The summed E-state index contributed by atoms with van der Waals surface area (Å²) >= 11 is 0. The fourth-order valence-electron chi connectivity index (χ4n) is 1.71. The van der Waals surface area contributed by atoms with Crippen LogP contribution in [0.3, 0.4) is 0 Å². The van der Waals surface area contributed by atoms with Crippen molar-refractivity contribution in [3.8, 4) is 28.4 Å². The highest BCUT2D eigenvalue weighted by molar-refractivity contribution is 5.72. The molecule has 0 bridgehead atoms. The maximum atomic E-state index is 13.7. The highest BCUT2D eigenvalue weighted by Gasteiger charge is 2.33. The van der Waals surface area contributed by atoms with Crippen LogP contribution in [0.15, 0.2) is 24.3 Å². The normalized spacial score (nSPS) is 11.5. The van der Waals surface area contributed by atoms with Gasteiger partial charge in [0.25, 0.3) is 0 Å². The van der Waals surface area contributed by atoms with Crippen LogP contribution in [0.25, 0.3) is 11.1 Å². The van der Waals surface area contributed by atoms with E-state index in [0.29, 0.717) is 12.1 Å². The molecule has 0 aliphatic heterocycles. The highest BCUT2D eigenvalue weighted by atomic mass is 19.4. The Hall–Kier alpha value is -2.58. The van der Waals surface area contributed by atoms with E-state index in [9.17, 15) is 31.4 Å². The number of rotatable bonds is 2. The van der Waals surface area contributed by atoms with E-state index in [1.807, 2.05) is 0 Å². The van der Waals surface area contributed by atoms with Crippen LogP contribution < -0.4 is 4.74 Å². The van der Waals surface area contributed by atoms with Gasteiger partial charge in [-0.25, -0.2) is 4.39 Å². The van der Waals surface area contributed by atoms with Crippen molar-refractivity contribution in [1.82, 2.24) is 0 Å². The average Bonchev–Trinajstić information content (AvgIpc) is 2.42. The Labute approximate surface area is 119 Å². The molecule has 2 rings (SSSR count). The van der Waals surface area contributed by atoms with Gasteiger partial charge >= 0.3 is 6.36 Å². The summed E-state index contributed by atoms with van der Waals surface area (Å²) in [6.45, 7) is 0. The second-order valence-electron chi connectivity index (χ2n) is 4.08. The third kappa shape index (κ3) is 2.87. The van der Waals surface area contributed by atoms with E-state index >= 15 is 0 Å². The lowest BCUT2D eigenvalue weighted by Gasteiger charge is -2.13. The molecule has 0 saturated carbocycles. The number of aromatic hydroxyl groups is 2. The Kier molecular flexibility index (Phi) is 3.82. The van der Waals surface area contributed by atoms with Crippen LogP contribution >= 0.6 is 0 Å². The molecular weight excluding hydrogens is 318 g/mol. The summed E-state index contributed by atoms with van der Waals surface area (Å²) in [5.74, 6) is -8.73. The summed E-state index contributed by atoms with van der Waals surface area (Å²) in [5, 5.41) is 18.5. The molecule has 0 fully saturated rings. The predicted octanol–water partition coefficient (Wildman–Crippen LogP) is 4.08. The number of hydrogen-bond donors (Lipinski definition) is 2. The van der Waals surface area contributed by atoms with Crippen molar-refractivity contribution in [2.45, 2.75) is 6.36 Å². The molecular formula is C13H6F6O3. The zero-order chi connectivity index (χ0) is 16.7. The van der Waals surface area contributed by atoms with Gasteiger partial charge in [0.05, 0.1) is 0 Å². The summed E-state index contributed by atoms with van der Waals surface area (Å²) < 4.78 is 80.0. The van der Waals surface area contributed by atoms with Gasteiger partial charge in [-0.3, -0.25) is 0 Å². The number of phenols is 2. The van der Waals surface area contributed by atoms with E-state index in [2.05, 4.69) is 4.74 Å². The third-order valence-corrected chi connectivity index (χ3v) is 2.66. The summed E-state index contributed by atoms with van der Waals surface area (Å²) in [4.78, 5) is 0. The zero-order valence-corrected chi connectivity index (χ0v) is 10.4. The van der Waals surface area contributed by atoms with Crippen LogP contribution in [0.2, 0.25) is 0 Å². The molecule has 0 spiro atoms. The molecule has 0 atom stereocenters. The van der Waals surface area contributed by atoms with Crippen molar-refractivity contribution in [2.75, 3.05) is 0 Å². The zero-order valence-electron chi connectivity index (χ0n) is 10.4. The number of hydrogen-bond acceptors (Lipinski definition) is 3. The first-order chi connectivity index (χ1) is 10.1. The number of halogens is 6. The lowest BCUT2D eigenvalue weighted by atomic mass is 10.0. The Balaban J connectivity index is 2.55. The molecule has 22 heavy (non-hydrogen) atoms. The molecule has 0 aliphatic carbocycles. The molecule has 0 amide bonds. The monoisotopic (exact) mass is 324 g/mol. The largest absolute Gasteiger partial charge is 0.573 e. The Morgan fingerprint density at radius 3 is 1.95 bits per heavy atom. The first-order valence-electron chi connectivity index (χ1n) is 5.56. The van der Waals surface area contributed by atoms with Gasteiger partial charge < -0.3 is 14.9 Å². The molecule has 0 saturated heterocycles. The summed E-state index contributed by atoms with van der Waals surface area (Å²) in [6, 6.07) is 2.79. The second kappa shape index (κ2) is 5.32. The Morgan fingerprint density at radius 1 is 0.773 bits per heavy atom.